The molecular weight excluding hydrogens is 519 g/mol. The van der Waals surface area contributed by atoms with Crippen molar-refractivity contribution in [1.82, 2.24) is 4.90 Å². The lowest BCUT2D eigenvalue weighted by Gasteiger charge is -2.47. The highest BCUT2D eigenvalue weighted by molar-refractivity contribution is 6.30. The van der Waals surface area contributed by atoms with Gasteiger partial charge in [-0.3, -0.25) is 0 Å². The summed E-state index contributed by atoms with van der Waals surface area (Å²) in [5.74, 6) is 3.37. The Kier molecular flexibility index (Phi) is 9.17. The topological polar surface area (TPSA) is 15.7 Å². The Morgan fingerprint density at radius 3 is 2.60 bits per heavy atom. The summed E-state index contributed by atoms with van der Waals surface area (Å²) in [6.07, 6.45) is 7.75. The van der Waals surface area contributed by atoms with Gasteiger partial charge < -0.3 is 14.5 Å². The van der Waals surface area contributed by atoms with Gasteiger partial charge in [0.15, 0.2) is 0 Å². The number of halogens is 2. The highest BCUT2D eigenvalue weighted by atomic mass is 35.5. The highest BCUT2D eigenvalue weighted by Crippen LogP contribution is 2.47. The Balaban J connectivity index is 1.54. The molecule has 3 aliphatic heterocycles. The first-order valence-corrected chi connectivity index (χ1v) is 15.9. The van der Waals surface area contributed by atoms with E-state index in [0.717, 1.165) is 60.3 Å². The van der Waals surface area contributed by atoms with Gasteiger partial charge in [-0.2, -0.15) is 0 Å². The Morgan fingerprint density at radius 1 is 1.12 bits per heavy atom. The monoisotopic (exact) mass is 566 g/mol. The molecule has 3 nitrogen and oxygen atoms in total. The molecule has 3 heterocycles. The third kappa shape index (κ3) is 5.81. The average Bonchev–Trinajstić information content (AvgIpc) is 3.09. The molecule has 2 aromatic carbocycles. The third-order valence-electron chi connectivity index (χ3n) is 10.1. The molecule has 0 N–H and O–H groups in total. The van der Waals surface area contributed by atoms with E-state index in [-0.39, 0.29) is 16.8 Å². The largest absolute Gasteiger partial charge is 0.491 e. The van der Waals surface area contributed by atoms with Crippen LogP contribution in [0.15, 0.2) is 36.9 Å². The Labute approximate surface area is 246 Å². The van der Waals surface area contributed by atoms with Crippen LogP contribution in [0.2, 0.25) is 5.02 Å². The number of allylic oxidation sites excluding steroid dienone is 1. The molecule has 0 saturated heterocycles. The van der Waals surface area contributed by atoms with Gasteiger partial charge in [-0.05, 0) is 110 Å². The molecular formula is C35H48ClFN2O. The van der Waals surface area contributed by atoms with Crippen molar-refractivity contribution in [3.05, 3.63) is 64.4 Å². The first kappa shape index (κ1) is 29.5. The molecule has 1 saturated carbocycles. The minimum Gasteiger partial charge on any atom is -0.491 e. The van der Waals surface area contributed by atoms with E-state index < -0.39 is 0 Å². The maximum Gasteiger partial charge on any atom is 0.145 e. The third-order valence-corrected chi connectivity index (χ3v) is 10.4. The zero-order valence-electron chi connectivity index (χ0n) is 25.2. The predicted molar refractivity (Wildman–Crippen MR) is 167 cm³/mol. The minimum atomic E-state index is -0.268. The fourth-order valence-corrected chi connectivity index (χ4v) is 8.12. The van der Waals surface area contributed by atoms with Crippen LogP contribution in [0.25, 0.3) is 5.57 Å². The van der Waals surface area contributed by atoms with Crippen LogP contribution in [0, 0.1) is 29.5 Å². The number of hydrogen-bond acceptors (Lipinski definition) is 3. The van der Waals surface area contributed by atoms with Crippen molar-refractivity contribution in [2.75, 3.05) is 38.7 Å². The van der Waals surface area contributed by atoms with Crippen molar-refractivity contribution in [3.63, 3.8) is 0 Å². The van der Waals surface area contributed by atoms with E-state index in [1.807, 2.05) is 6.07 Å². The fraction of sp³-hybridized carbons (Fsp3) is 0.600. The number of fused-ring (bicyclic) bond motifs is 5. The summed E-state index contributed by atoms with van der Waals surface area (Å²) in [7, 11) is 4.55. The van der Waals surface area contributed by atoms with Crippen molar-refractivity contribution in [1.29, 1.82) is 0 Å². The van der Waals surface area contributed by atoms with Crippen molar-refractivity contribution >= 4 is 22.9 Å². The zero-order chi connectivity index (χ0) is 28.6. The number of ether oxygens (including phenoxy) is 1. The van der Waals surface area contributed by atoms with E-state index >= 15 is 4.39 Å². The maximum absolute atomic E-state index is 15.3. The summed E-state index contributed by atoms with van der Waals surface area (Å²) in [5.41, 5.74) is 5.38. The Morgan fingerprint density at radius 2 is 1.90 bits per heavy atom. The summed E-state index contributed by atoms with van der Waals surface area (Å²) in [6.45, 7) is 13.7. The minimum absolute atomic E-state index is 0.0577. The van der Waals surface area contributed by atoms with Crippen molar-refractivity contribution in [2.24, 2.45) is 23.7 Å². The molecule has 4 unspecified atom stereocenters. The lowest BCUT2D eigenvalue weighted by Crippen LogP contribution is -2.47. The van der Waals surface area contributed by atoms with Gasteiger partial charge >= 0.3 is 0 Å². The van der Waals surface area contributed by atoms with Crippen LogP contribution < -0.4 is 9.64 Å². The average molecular weight is 567 g/mol. The first-order chi connectivity index (χ1) is 19.2. The van der Waals surface area contributed by atoms with Gasteiger partial charge in [0.05, 0.1) is 17.3 Å². The smallest absolute Gasteiger partial charge is 0.145 e. The van der Waals surface area contributed by atoms with Crippen LogP contribution in [0.1, 0.15) is 81.9 Å². The van der Waals surface area contributed by atoms with E-state index in [1.165, 1.54) is 36.8 Å². The van der Waals surface area contributed by atoms with E-state index in [4.69, 9.17) is 16.3 Å². The quantitative estimate of drug-likeness (QED) is 0.359. The molecule has 218 valence electrons. The van der Waals surface area contributed by atoms with Crippen LogP contribution in [0.3, 0.4) is 0 Å². The van der Waals surface area contributed by atoms with Crippen LogP contribution in [0.5, 0.6) is 5.75 Å². The molecule has 6 rings (SSSR count). The van der Waals surface area contributed by atoms with Gasteiger partial charge in [0.2, 0.25) is 0 Å². The molecule has 5 heteroatoms. The predicted octanol–water partition coefficient (Wildman–Crippen LogP) is 8.84. The molecule has 0 spiro atoms. The fourth-order valence-electron chi connectivity index (χ4n) is 7.94. The molecule has 1 aliphatic carbocycles. The van der Waals surface area contributed by atoms with E-state index in [0.29, 0.717) is 30.9 Å². The summed E-state index contributed by atoms with van der Waals surface area (Å²) in [6, 6.07) is 11.0. The van der Waals surface area contributed by atoms with Crippen molar-refractivity contribution in [2.45, 2.75) is 77.7 Å². The van der Waals surface area contributed by atoms with Crippen LogP contribution in [0.4, 0.5) is 10.1 Å². The second-order valence-electron chi connectivity index (χ2n) is 13.0. The molecule has 0 aromatic heterocycles. The standard InChI is InChI=1S/C35H48ClFN2O/c1-7-9-30-29(11-12-31(36)34(30)37)28-20-39-15-14-25(8-2)35(38(5)6)27-17-24(18-27)16-22(3)23(4)26-10-13-33(40-21-28)32(39)19-26/h10-13,19,22,24-25,27-28,35H,4,7-9,14-18,20-21H2,1-3,5-6H3. The Hall–Kier alpha value is -2.04. The van der Waals surface area contributed by atoms with Crippen LogP contribution >= 0.6 is 11.6 Å². The molecule has 2 aromatic rings. The van der Waals surface area contributed by atoms with E-state index in [2.05, 4.69) is 69.4 Å². The van der Waals surface area contributed by atoms with Gasteiger partial charge in [0.1, 0.15) is 11.6 Å². The molecule has 4 atom stereocenters. The molecule has 40 heavy (non-hydrogen) atoms. The number of benzene rings is 2. The second kappa shape index (κ2) is 12.4. The normalized spacial score (nSPS) is 28.9. The highest BCUT2D eigenvalue weighted by Gasteiger charge is 2.40. The summed E-state index contributed by atoms with van der Waals surface area (Å²) in [4.78, 5) is 5.03. The van der Waals surface area contributed by atoms with Crippen molar-refractivity contribution < 1.29 is 9.13 Å². The second-order valence-corrected chi connectivity index (χ2v) is 13.4. The van der Waals surface area contributed by atoms with Gasteiger partial charge in [-0.25, -0.2) is 4.39 Å². The lowest BCUT2D eigenvalue weighted by molar-refractivity contribution is 0.0398. The number of rotatable bonds is 5. The first-order valence-electron chi connectivity index (χ1n) is 15.6. The Bertz CT molecular complexity index is 1210. The van der Waals surface area contributed by atoms with Crippen LogP contribution in [-0.4, -0.2) is 44.7 Å². The number of anilines is 1. The van der Waals surface area contributed by atoms with E-state index in [9.17, 15) is 0 Å². The molecule has 0 amide bonds. The van der Waals surface area contributed by atoms with Gasteiger partial charge in [0, 0.05) is 25.0 Å². The number of hydrogen-bond donors (Lipinski definition) is 0. The molecule has 4 aliphatic rings. The SMILES string of the molecule is C=C1c2ccc3c(c2)N(CCC(CC)C(N(C)C)C2CC(CC1C)C2)CC(c1ccc(Cl)c(F)c1CCC)CO3. The van der Waals surface area contributed by atoms with Gasteiger partial charge in [0.25, 0.3) is 0 Å². The molecule has 4 bridgehead atoms. The molecule has 0 radical (unpaired) electrons. The van der Waals surface area contributed by atoms with Crippen molar-refractivity contribution in [3.8, 4) is 5.75 Å². The molecule has 1 fully saturated rings. The van der Waals surface area contributed by atoms with E-state index in [1.54, 1.807) is 6.07 Å². The summed E-state index contributed by atoms with van der Waals surface area (Å²) in [5, 5.41) is 0.208. The van der Waals surface area contributed by atoms with Gasteiger partial charge in [-0.1, -0.05) is 63.9 Å². The number of nitrogens with zero attached hydrogens (tertiary/aromatic N) is 2. The maximum atomic E-state index is 15.3. The summed E-state index contributed by atoms with van der Waals surface area (Å²) < 4.78 is 21.8. The summed E-state index contributed by atoms with van der Waals surface area (Å²) >= 11 is 6.24. The van der Waals surface area contributed by atoms with Gasteiger partial charge in [-0.15, -0.1) is 0 Å². The van der Waals surface area contributed by atoms with Crippen LogP contribution in [-0.2, 0) is 6.42 Å². The zero-order valence-corrected chi connectivity index (χ0v) is 25.9. The lowest BCUT2D eigenvalue weighted by atomic mass is 9.64.